The van der Waals surface area contributed by atoms with Gasteiger partial charge in [-0.05, 0) is 24.4 Å². The van der Waals surface area contributed by atoms with E-state index in [-0.39, 0.29) is 17.3 Å². The normalized spacial score (nSPS) is 21.7. The first-order valence-corrected chi connectivity index (χ1v) is 5.13. The maximum atomic E-state index is 9.50. The molecule has 2 rings (SSSR count). The fourth-order valence-electron chi connectivity index (χ4n) is 1.63. The maximum Gasteiger partial charge on any atom is 0.231 e. The van der Waals surface area contributed by atoms with Crippen LogP contribution in [0.1, 0.15) is 12.8 Å². The number of β-amino-alcohol motifs (C(OH)–C–C–N with tert-alkyl or cyclic N) is 1. The molecular formula is C8H12ClN5O. The molecule has 0 bridgehead atoms. The monoisotopic (exact) mass is 229 g/mol. The Kier molecular flexibility index (Phi) is 2.88. The fraction of sp³-hybridized carbons (Fsp3) is 0.625. The van der Waals surface area contributed by atoms with Gasteiger partial charge in [-0.25, -0.2) is 0 Å². The van der Waals surface area contributed by atoms with Crippen molar-refractivity contribution in [3.05, 3.63) is 5.28 Å². The molecule has 82 valence electrons. The standard InChI is InChI=1S/C8H12ClN5O/c9-6-11-7(10)13-8(12-6)14-3-1-2-5(15)4-14/h5,15H,1-4H2,(H2,10,11,12,13). The van der Waals surface area contributed by atoms with Gasteiger partial charge >= 0.3 is 0 Å². The number of rotatable bonds is 1. The van der Waals surface area contributed by atoms with Crippen molar-refractivity contribution in [2.24, 2.45) is 0 Å². The van der Waals surface area contributed by atoms with Gasteiger partial charge in [-0.1, -0.05) is 0 Å². The second-order valence-electron chi connectivity index (χ2n) is 3.50. The van der Waals surface area contributed by atoms with Crippen LogP contribution in [0.4, 0.5) is 11.9 Å². The highest BCUT2D eigenvalue weighted by Gasteiger charge is 2.20. The van der Waals surface area contributed by atoms with Crippen LogP contribution in [0.25, 0.3) is 0 Å². The summed E-state index contributed by atoms with van der Waals surface area (Å²) >= 11 is 5.67. The molecule has 1 atom stereocenters. The number of aliphatic hydroxyl groups excluding tert-OH is 1. The minimum Gasteiger partial charge on any atom is -0.391 e. The number of hydrogen-bond acceptors (Lipinski definition) is 6. The first-order chi connectivity index (χ1) is 7.15. The number of aromatic nitrogens is 3. The van der Waals surface area contributed by atoms with Crippen molar-refractivity contribution in [1.29, 1.82) is 0 Å². The molecule has 1 aliphatic rings. The Labute approximate surface area is 92.1 Å². The zero-order valence-corrected chi connectivity index (χ0v) is 8.85. The molecule has 1 saturated heterocycles. The third-order valence-corrected chi connectivity index (χ3v) is 2.46. The third kappa shape index (κ3) is 2.45. The van der Waals surface area contributed by atoms with E-state index in [4.69, 9.17) is 17.3 Å². The van der Waals surface area contributed by atoms with Crippen LogP contribution in [-0.4, -0.2) is 39.3 Å². The Morgan fingerprint density at radius 3 is 2.87 bits per heavy atom. The first-order valence-electron chi connectivity index (χ1n) is 4.75. The molecule has 0 radical (unpaired) electrons. The molecule has 3 N–H and O–H groups in total. The summed E-state index contributed by atoms with van der Waals surface area (Å²) in [5.74, 6) is 0.538. The van der Waals surface area contributed by atoms with Crippen LogP contribution in [0.15, 0.2) is 0 Å². The Morgan fingerprint density at radius 2 is 2.20 bits per heavy atom. The lowest BCUT2D eigenvalue weighted by atomic mass is 10.1. The van der Waals surface area contributed by atoms with E-state index in [0.717, 1.165) is 19.4 Å². The van der Waals surface area contributed by atoms with Gasteiger partial charge in [0.2, 0.25) is 17.2 Å². The summed E-state index contributed by atoms with van der Waals surface area (Å²) in [5, 5.41) is 9.58. The van der Waals surface area contributed by atoms with Gasteiger partial charge in [0, 0.05) is 13.1 Å². The summed E-state index contributed by atoms with van der Waals surface area (Å²) < 4.78 is 0. The van der Waals surface area contributed by atoms with Crippen molar-refractivity contribution >= 4 is 23.5 Å². The highest BCUT2D eigenvalue weighted by atomic mass is 35.5. The van der Waals surface area contributed by atoms with Crippen molar-refractivity contribution in [2.45, 2.75) is 18.9 Å². The van der Waals surface area contributed by atoms with Crippen molar-refractivity contribution in [3.63, 3.8) is 0 Å². The molecular weight excluding hydrogens is 218 g/mol. The highest BCUT2D eigenvalue weighted by molar-refractivity contribution is 6.28. The Bertz CT molecular complexity index is 341. The van der Waals surface area contributed by atoms with E-state index < -0.39 is 0 Å². The van der Waals surface area contributed by atoms with Crippen LogP contribution >= 0.6 is 11.6 Å². The van der Waals surface area contributed by atoms with Gasteiger partial charge in [-0.2, -0.15) is 15.0 Å². The predicted octanol–water partition coefficient (Wildman–Crippen LogP) is 0.0683. The van der Waals surface area contributed by atoms with E-state index in [2.05, 4.69) is 15.0 Å². The van der Waals surface area contributed by atoms with Crippen molar-refractivity contribution < 1.29 is 5.11 Å². The summed E-state index contributed by atoms with van der Waals surface area (Å²) in [6.07, 6.45) is 1.38. The van der Waals surface area contributed by atoms with E-state index in [1.807, 2.05) is 4.90 Å². The van der Waals surface area contributed by atoms with Gasteiger partial charge in [-0.3, -0.25) is 0 Å². The molecule has 1 fully saturated rings. The predicted molar refractivity (Wildman–Crippen MR) is 56.7 cm³/mol. The van der Waals surface area contributed by atoms with Crippen molar-refractivity contribution in [1.82, 2.24) is 15.0 Å². The fourth-order valence-corrected chi connectivity index (χ4v) is 1.79. The number of anilines is 2. The molecule has 2 heterocycles. The summed E-state index contributed by atoms with van der Waals surface area (Å²) in [7, 11) is 0. The Hall–Kier alpha value is -1.14. The smallest absolute Gasteiger partial charge is 0.231 e. The quantitative estimate of drug-likeness (QED) is 0.709. The van der Waals surface area contributed by atoms with E-state index in [1.165, 1.54) is 0 Å². The van der Waals surface area contributed by atoms with Crippen LogP contribution in [0, 0.1) is 0 Å². The van der Waals surface area contributed by atoms with Gasteiger partial charge in [-0.15, -0.1) is 0 Å². The molecule has 0 amide bonds. The molecule has 0 spiro atoms. The lowest BCUT2D eigenvalue weighted by molar-refractivity contribution is 0.153. The van der Waals surface area contributed by atoms with Gasteiger partial charge in [0.1, 0.15) is 0 Å². The van der Waals surface area contributed by atoms with Gasteiger partial charge in [0.25, 0.3) is 0 Å². The highest BCUT2D eigenvalue weighted by Crippen LogP contribution is 2.17. The topological polar surface area (TPSA) is 88.2 Å². The van der Waals surface area contributed by atoms with Gasteiger partial charge in [0.15, 0.2) is 0 Å². The molecule has 0 aliphatic carbocycles. The van der Waals surface area contributed by atoms with Gasteiger partial charge in [0.05, 0.1) is 6.10 Å². The third-order valence-electron chi connectivity index (χ3n) is 2.29. The van der Waals surface area contributed by atoms with Crippen LogP contribution in [0.3, 0.4) is 0 Å². The molecule has 1 aliphatic heterocycles. The zero-order chi connectivity index (χ0) is 10.8. The number of aliphatic hydroxyl groups is 1. The summed E-state index contributed by atoms with van der Waals surface area (Å²) in [6, 6.07) is 0. The summed E-state index contributed by atoms with van der Waals surface area (Å²) in [5.41, 5.74) is 5.46. The maximum absolute atomic E-state index is 9.50. The van der Waals surface area contributed by atoms with E-state index in [1.54, 1.807) is 0 Å². The van der Waals surface area contributed by atoms with E-state index in [0.29, 0.717) is 12.5 Å². The average Bonchev–Trinajstić information content (AvgIpc) is 2.16. The van der Waals surface area contributed by atoms with Gasteiger partial charge < -0.3 is 15.7 Å². The molecule has 0 saturated carbocycles. The second kappa shape index (κ2) is 4.16. The summed E-state index contributed by atoms with van der Waals surface area (Å²) in [4.78, 5) is 13.5. The lowest BCUT2D eigenvalue weighted by Gasteiger charge is -2.29. The van der Waals surface area contributed by atoms with Crippen molar-refractivity contribution in [2.75, 3.05) is 23.7 Å². The minimum atomic E-state index is -0.337. The van der Waals surface area contributed by atoms with E-state index >= 15 is 0 Å². The molecule has 0 aromatic carbocycles. The lowest BCUT2D eigenvalue weighted by Crippen LogP contribution is -2.39. The molecule has 15 heavy (non-hydrogen) atoms. The average molecular weight is 230 g/mol. The number of hydrogen-bond donors (Lipinski definition) is 2. The first kappa shape index (κ1) is 10.4. The Balaban J connectivity index is 2.20. The second-order valence-corrected chi connectivity index (χ2v) is 3.84. The van der Waals surface area contributed by atoms with Crippen LogP contribution < -0.4 is 10.6 Å². The summed E-state index contributed by atoms with van der Waals surface area (Å²) in [6.45, 7) is 1.32. The molecule has 7 heteroatoms. The van der Waals surface area contributed by atoms with Crippen molar-refractivity contribution in [3.8, 4) is 0 Å². The van der Waals surface area contributed by atoms with E-state index in [9.17, 15) is 5.11 Å². The molecule has 1 aromatic rings. The Morgan fingerprint density at radius 1 is 1.40 bits per heavy atom. The number of nitrogens with two attached hydrogens (primary N) is 1. The molecule has 6 nitrogen and oxygen atoms in total. The number of halogens is 1. The van der Waals surface area contributed by atoms with Crippen LogP contribution in [-0.2, 0) is 0 Å². The number of piperidine rings is 1. The number of nitrogens with zero attached hydrogens (tertiary/aromatic N) is 4. The number of nitrogen functional groups attached to an aromatic ring is 1. The molecule has 1 unspecified atom stereocenters. The SMILES string of the molecule is Nc1nc(Cl)nc(N2CCCC(O)C2)n1. The zero-order valence-electron chi connectivity index (χ0n) is 8.10. The minimum absolute atomic E-state index is 0.0811. The van der Waals surface area contributed by atoms with Crippen LogP contribution in [0.5, 0.6) is 0 Å². The van der Waals surface area contributed by atoms with Crippen LogP contribution in [0.2, 0.25) is 5.28 Å². The largest absolute Gasteiger partial charge is 0.391 e. The molecule has 1 aromatic heterocycles.